The van der Waals surface area contributed by atoms with Gasteiger partial charge < -0.3 is 15.4 Å². The smallest absolute Gasteiger partial charge is 0.416 e. The van der Waals surface area contributed by atoms with E-state index in [0.717, 1.165) is 24.3 Å². The third kappa shape index (κ3) is 5.59. The SMILES string of the molecule is CCOc1nc(-c2ccc(C(F)(F)F)cc2)n(-c2ccc(NC(=O)Nc3ccc(F)cc3F)cc2)n1. The highest BCUT2D eigenvalue weighted by atomic mass is 19.4. The molecule has 0 fully saturated rings. The lowest BCUT2D eigenvalue weighted by atomic mass is 10.1. The Morgan fingerprint density at radius 1 is 0.972 bits per heavy atom. The predicted molar refractivity (Wildman–Crippen MR) is 122 cm³/mol. The van der Waals surface area contributed by atoms with Crippen molar-refractivity contribution in [1.82, 2.24) is 14.8 Å². The van der Waals surface area contributed by atoms with E-state index in [4.69, 9.17) is 4.74 Å². The first kappa shape index (κ1) is 24.6. The largest absolute Gasteiger partial charge is 0.463 e. The molecule has 4 rings (SSSR count). The van der Waals surface area contributed by atoms with E-state index in [1.165, 1.54) is 28.9 Å². The van der Waals surface area contributed by atoms with Crippen molar-refractivity contribution in [2.45, 2.75) is 13.1 Å². The van der Waals surface area contributed by atoms with Crippen LogP contribution in [-0.2, 0) is 6.18 Å². The van der Waals surface area contributed by atoms with Crippen LogP contribution in [0.1, 0.15) is 12.5 Å². The van der Waals surface area contributed by atoms with Gasteiger partial charge in [0.1, 0.15) is 11.6 Å². The van der Waals surface area contributed by atoms with Gasteiger partial charge in [-0.15, -0.1) is 5.10 Å². The molecule has 2 amide bonds. The van der Waals surface area contributed by atoms with Gasteiger partial charge in [-0.2, -0.15) is 18.2 Å². The van der Waals surface area contributed by atoms with Gasteiger partial charge in [0.05, 0.1) is 23.5 Å². The monoisotopic (exact) mass is 503 g/mol. The molecule has 0 saturated carbocycles. The molecule has 0 aliphatic rings. The summed E-state index contributed by atoms with van der Waals surface area (Å²) >= 11 is 0. The van der Waals surface area contributed by atoms with Gasteiger partial charge in [0.25, 0.3) is 0 Å². The van der Waals surface area contributed by atoms with Crippen LogP contribution in [0.5, 0.6) is 6.01 Å². The summed E-state index contributed by atoms with van der Waals surface area (Å²) in [4.78, 5) is 16.5. The van der Waals surface area contributed by atoms with Crippen molar-refractivity contribution in [2.24, 2.45) is 0 Å². The lowest BCUT2D eigenvalue weighted by Gasteiger charge is -2.10. The highest BCUT2D eigenvalue weighted by molar-refractivity contribution is 5.99. The van der Waals surface area contributed by atoms with Gasteiger partial charge in [-0.1, -0.05) is 12.1 Å². The fraction of sp³-hybridized carbons (Fsp3) is 0.125. The van der Waals surface area contributed by atoms with Crippen molar-refractivity contribution in [1.29, 1.82) is 0 Å². The average Bonchev–Trinajstić information content (AvgIpc) is 3.25. The number of carbonyl (C=O) groups excluding carboxylic acids is 1. The first-order valence-corrected chi connectivity index (χ1v) is 10.5. The number of nitrogens with zero attached hydrogens (tertiary/aromatic N) is 3. The number of amides is 2. The molecule has 36 heavy (non-hydrogen) atoms. The number of hydrogen-bond donors (Lipinski definition) is 2. The molecule has 1 aromatic heterocycles. The summed E-state index contributed by atoms with van der Waals surface area (Å²) in [5.41, 5.74) is 0.220. The highest BCUT2D eigenvalue weighted by Crippen LogP contribution is 2.31. The third-order valence-corrected chi connectivity index (χ3v) is 4.88. The molecule has 0 aliphatic heterocycles. The number of rotatable bonds is 6. The number of carbonyl (C=O) groups is 1. The van der Waals surface area contributed by atoms with Gasteiger partial charge in [0.15, 0.2) is 5.82 Å². The quantitative estimate of drug-likeness (QED) is 0.304. The second-order valence-electron chi connectivity index (χ2n) is 7.39. The molecule has 3 aromatic carbocycles. The van der Waals surface area contributed by atoms with Gasteiger partial charge in [-0.3, -0.25) is 0 Å². The molecule has 12 heteroatoms. The number of ether oxygens (including phenoxy) is 1. The van der Waals surface area contributed by atoms with Crippen LogP contribution in [-0.4, -0.2) is 27.4 Å². The van der Waals surface area contributed by atoms with Gasteiger partial charge in [-0.05, 0) is 55.5 Å². The Hall–Kier alpha value is -4.48. The molecule has 0 unspecified atom stereocenters. The highest BCUT2D eigenvalue weighted by Gasteiger charge is 2.30. The molecule has 7 nitrogen and oxygen atoms in total. The van der Waals surface area contributed by atoms with Crippen LogP contribution < -0.4 is 15.4 Å². The number of nitrogens with one attached hydrogen (secondary N) is 2. The van der Waals surface area contributed by atoms with Gasteiger partial charge in [-0.25, -0.2) is 18.3 Å². The van der Waals surface area contributed by atoms with E-state index >= 15 is 0 Å². The lowest BCUT2D eigenvalue weighted by molar-refractivity contribution is -0.137. The summed E-state index contributed by atoms with van der Waals surface area (Å²) in [6, 6.07) is 12.8. The van der Waals surface area contributed by atoms with Crippen LogP contribution in [0.15, 0.2) is 66.7 Å². The van der Waals surface area contributed by atoms with Crippen molar-refractivity contribution in [3.05, 3.63) is 83.9 Å². The standard InChI is InChI=1S/C24H18F5N5O2/c1-2-36-23-32-21(14-3-5-15(6-4-14)24(27,28)29)34(33-23)18-10-8-17(9-11-18)30-22(35)31-20-12-7-16(25)13-19(20)26/h3-13H,2H2,1H3,(H2,30,31,35). The van der Waals surface area contributed by atoms with Gasteiger partial charge >= 0.3 is 18.2 Å². The zero-order valence-corrected chi connectivity index (χ0v) is 18.6. The summed E-state index contributed by atoms with van der Waals surface area (Å²) in [7, 11) is 0. The van der Waals surface area contributed by atoms with Crippen LogP contribution in [0.4, 0.5) is 38.1 Å². The van der Waals surface area contributed by atoms with Crippen molar-refractivity contribution in [3.63, 3.8) is 0 Å². The minimum Gasteiger partial charge on any atom is -0.463 e. The second kappa shape index (κ2) is 10.0. The zero-order chi connectivity index (χ0) is 25.9. The molecule has 0 radical (unpaired) electrons. The van der Waals surface area contributed by atoms with Crippen LogP contribution in [0.25, 0.3) is 17.1 Å². The minimum atomic E-state index is -4.47. The Bertz CT molecular complexity index is 1370. The molecule has 1 heterocycles. The number of halogens is 5. The summed E-state index contributed by atoms with van der Waals surface area (Å²) < 4.78 is 72.3. The molecule has 4 aromatic rings. The van der Waals surface area contributed by atoms with Crippen LogP contribution >= 0.6 is 0 Å². The fourth-order valence-electron chi connectivity index (χ4n) is 3.22. The first-order chi connectivity index (χ1) is 17.1. The molecule has 0 atom stereocenters. The summed E-state index contributed by atoms with van der Waals surface area (Å²) in [6.07, 6.45) is -4.47. The van der Waals surface area contributed by atoms with Crippen molar-refractivity contribution >= 4 is 17.4 Å². The first-order valence-electron chi connectivity index (χ1n) is 10.5. The third-order valence-electron chi connectivity index (χ3n) is 4.88. The predicted octanol–water partition coefficient (Wildman–Crippen LogP) is 6.27. The summed E-state index contributed by atoms with van der Waals surface area (Å²) in [6.45, 7) is 2.02. The fourth-order valence-corrected chi connectivity index (χ4v) is 3.22. The number of benzene rings is 3. The van der Waals surface area contributed by atoms with Crippen molar-refractivity contribution in [2.75, 3.05) is 17.2 Å². The second-order valence-corrected chi connectivity index (χ2v) is 7.39. The molecule has 0 aliphatic carbocycles. The number of hydrogen-bond acceptors (Lipinski definition) is 4. The number of aromatic nitrogens is 3. The van der Waals surface area contributed by atoms with E-state index in [2.05, 4.69) is 20.7 Å². The van der Waals surface area contributed by atoms with Crippen LogP contribution in [0, 0.1) is 11.6 Å². The Labute approximate surface area is 201 Å². The zero-order valence-electron chi connectivity index (χ0n) is 18.6. The Kier molecular flexibility index (Phi) is 6.86. The number of urea groups is 1. The van der Waals surface area contributed by atoms with E-state index in [9.17, 15) is 26.7 Å². The maximum atomic E-state index is 13.7. The maximum absolute atomic E-state index is 13.7. The van der Waals surface area contributed by atoms with Gasteiger partial charge in [0, 0.05) is 17.3 Å². The van der Waals surface area contributed by atoms with Crippen LogP contribution in [0.3, 0.4) is 0 Å². The molecule has 0 saturated heterocycles. The normalized spacial score (nSPS) is 11.3. The number of alkyl halides is 3. The topological polar surface area (TPSA) is 81.1 Å². The maximum Gasteiger partial charge on any atom is 0.416 e. The Morgan fingerprint density at radius 3 is 2.28 bits per heavy atom. The summed E-state index contributed by atoms with van der Waals surface area (Å²) in [5, 5.41) is 9.07. The van der Waals surface area contributed by atoms with Gasteiger partial charge in [0.2, 0.25) is 0 Å². The van der Waals surface area contributed by atoms with E-state index in [-0.39, 0.29) is 24.1 Å². The minimum absolute atomic E-state index is 0.0373. The molecular weight excluding hydrogens is 485 g/mol. The van der Waals surface area contributed by atoms with E-state index in [0.29, 0.717) is 23.0 Å². The van der Waals surface area contributed by atoms with E-state index in [1.54, 1.807) is 19.1 Å². The van der Waals surface area contributed by atoms with Crippen LogP contribution in [0.2, 0.25) is 0 Å². The van der Waals surface area contributed by atoms with E-state index < -0.39 is 29.4 Å². The lowest BCUT2D eigenvalue weighted by Crippen LogP contribution is -2.20. The number of anilines is 2. The molecular formula is C24H18F5N5O2. The molecule has 0 spiro atoms. The van der Waals surface area contributed by atoms with E-state index in [1.807, 2.05) is 0 Å². The molecule has 2 N–H and O–H groups in total. The Morgan fingerprint density at radius 2 is 1.67 bits per heavy atom. The van der Waals surface area contributed by atoms with Crippen molar-refractivity contribution < 1.29 is 31.5 Å². The molecule has 186 valence electrons. The average molecular weight is 503 g/mol. The molecule has 0 bridgehead atoms. The Balaban J connectivity index is 1.55. The van der Waals surface area contributed by atoms with Crippen molar-refractivity contribution in [3.8, 4) is 23.1 Å². The summed E-state index contributed by atoms with van der Waals surface area (Å²) in [5.74, 6) is -1.45.